The predicted octanol–water partition coefficient (Wildman–Crippen LogP) is 4.56. The van der Waals surface area contributed by atoms with E-state index in [-0.39, 0.29) is 24.0 Å². The molecule has 0 bridgehead atoms. The number of para-hydroxylation sites is 1. The van der Waals surface area contributed by atoms with Crippen molar-refractivity contribution in [2.75, 3.05) is 0 Å². The van der Waals surface area contributed by atoms with E-state index in [0.717, 1.165) is 18.2 Å². The van der Waals surface area contributed by atoms with E-state index in [2.05, 4.69) is 71.4 Å². The molecule has 0 spiro atoms. The molecule has 0 amide bonds. The molecule has 0 aliphatic heterocycles. The highest BCUT2D eigenvalue weighted by molar-refractivity contribution is 7.98. The first kappa shape index (κ1) is 23.6. The number of fused-ring (bicyclic) bond motifs is 1. The lowest BCUT2D eigenvalue weighted by atomic mass is 9.85. The van der Waals surface area contributed by atoms with Crippen LogP contribution in [-0.2, 0) is 12.3 Å². The second-order valence-electron chi connectivity index (χ2n) is 8.56. The minimum Gasteiger partial charge on any atom is -1.00 e. The zero-order chi connectivity index (χ0) is 19.7. The van der Waals surface area contributed by atoms with Gasteiger partial charge in [0.1, 0.15) is 6.54 Å². The fourth-order valence-electron chi connectivity index (χ4n) is 4.66. The monoisotopic (exact) mass is 531 g/mol. The van der Waals surface area contributed by atoms with E-state index >= 15 is 0 Å². The highest BCUT2D eigenvalue weighted by Gasteiger charge is 2.14. The number of benzene rings is 2. The molecular weight excluding hydrogens is 497 g/mol. The first-order valence-electron chi connectivity index (χ1n) is 11.5. The van der Waals surface area contributed by atoms with E-state index in [0.29, 0.717) is 0 Å². The number of rotatable bonds is 9. The molecule has 30 heavy (non-hydrogen) atoms. The van der Waals surface area contributed by atoms with Crippen LogP contribution in [0.4, 0.5) is 0 Å². The van der Waals surface area contributed by atoms with Gasteiger partial charge < -0.3 is 24.0 Å². The minimum atomic E-state index is 0. The Bertz CT molecular complexity index is 890. The van der Waals surface area contributed by atoms with Crippen molar-refractivity contribution in [1.29, 1.82) is 0 Å². The van der Waals surface area contributed by atoms with Crippen molar-refractivity contribution < 1.29 is 28.5 Å². The SMILES string of the molecule is [I-].c1ccc(CSc2cc3ccccc3[n+](CCCCCC3CCCCC3)c2)cc1. The molecule has 1 saturated carbocycles. The number of unbranched alkanes of at least 4 members (excludes halogenated alkanes) is 2. The largest absolute Gasteiger partial charge is 1.00 e. The normalized spacial score (nSPS) is 14.5. The zero-order valence-corrected chi connectivity index (χ0v) is 20.9. The van der Waals surface area contributed by atoms with Crippen LogP contribution < -0.4 is 28.5 Å². The van der Waals surface area contributed by atoms with E-state index in [1.54, 1.807) is 0 Å². The third-order valence-electron chi connectivity index (χ3n) is 6.31. The number of aromatic nitrogens is 1. The van der Waals surface area contributed by atoms with E-state index in [1.807, 2.05) is 11.8 Å². The maximum absolute atomic E-state index is 2.49. The molecule has 3 aromatic rings. The first-order valence-corrected chi connectivity index (χ1v) is 12.5. The van der Waals surface area contributed by atoms with Crippen molar-refractivity contribution in [2.45, 2.75) is 75.0 Å². The minimum absolute atomic E-state index is 0. The van der Waals surface area contributed by atoms with Gasteiger partial charge in [0.2, 0.25) is 5.52 Å². The molecule has 1 aliphatic carbocycles. The fraction of sp³-hybridized carbons (Fsp3) is 0.444. The lowest BCUT2D eigenvalue weighted by Gasteiger charge is -2.21. The summed E-state index contributed by atoms with van der Waals surface area (Å²) in [6, 6.07) is 22.0. The summed E-state index contributed by atoms with van der Waals surface area (Å²) in [7, 11) is 0. The van der Waals surface area contributed by atoms with Crippen molar-refractivity contribution in [3.63, 3.8) is 0 Å². The van der Waals surface area contributed by atoms with Crippen LogP contribution in [-0.4, -0.2) is 0 Å². The van der Waals surface area contributed by atoms with Gasteiger partial charge in [-0.15, -0.1) is 11.8 Å². The van der Waals surface area contributed by atoms with Crippen LogP contribution >= 0.6 is 11.8 Å². The van der Waals surface area contributed by atoms with E-state index in [1.165, 1.54) is 79.1 Å². The molecule has 160 valence electrons. The van der Waals surface area contributed by atoms with E-state index in [9.17, 15) is 0 Å². The second kappa shape index (κ2) is 12.7. The molecule has 0 radical (unpaired) electrons. The van der Waals surface area contributed by atoms with Gasteiger partial charge in [-0.05, 0) is 30.0 Å². The average Bonchev–Trinajstić information content (AvgIpc) is 2.79. The van der Waals surface area contributed by atoms with Crippen molar-refractivity contribution in [2.24, 2.45) is 5.92 Å². The number of halogens is 1. The van der Waals surface area contributed by atoms with Gasteiger partial charge in [-0.25, -0.2) is 0 Å². The Labute approximate surface area is 203 Å². The van der Waals surface area contributed by atoms with Crippen LogP contribution in [0.2, 0.25) is 0 Å². The van der Waals surface area contributed by atoms with Gasteiger partial charge in [-0.2, -0.15) is 4.57 Å². The van der Waals surface area contributed by atoms with Crippen LogP contribution in [0.3, 0.4) is 0 Å². The smallest absolute Gasteiger partial charge is 0.212 e. The summed E-state index contributed by atoms with van der Waals surface area (Å²) in [5.74, 6) is 2.05. The summed E-state index contributed by atoms with van der Waals surface area (Å²) in [6.45, 7) is 1.13. The predicted molar refractivity (Wildman–Crippen MR) is 125 cm³/mol. The Kier molecular flexibility index (Phi) is 9.99. The van der Waals surface area contributed by atoms with Crippen molar-refractivity contribution in [3.8, 4) is 0 Å². The van der Waals surface area contributed by atoms with Crippen LogP contribution in [0.5, 0.6) is 0 Å². The molecule has 1 heterocycles. The summed E-state index contributed by atoms with van der Waals surface area (Å²) >= 11 is 1.94. The van der Waals surface area contributed by atoms with E-state index in [4.69, 9.17) is 0 Å². The molecule has 1 nitrogen and oxygen atoms in total. The number of hydrogen-bond acceptors (Lipinski definition) is 1. The van der Waals surface area contributed by atoms with Crippen molar-refractivity contribution >= 4 is 22.7 Å². The van der Waals surface area contributed by atoms with Crippen molar-refractivity contribution in [1.82, 2.24) is 0 Å². The summed E-state index contributed by atoms with van der Waals surface area (Å²) < 4.78 is 2.49. The molecule has 4 rings (SSSR count). The Morgan fingerprint density at radius 2 is 1.60 bits per heavy atom. The van der Waals surface area contributed by atoms with Gasteiger partial charge in [0.15, 0.2) is 6.20 Å². The molecule has 1 aromatic heterocycles. The molecule has 1 aliphatic rings. The molecular formula is C27H34INS. The molecule has 1 fully saturated rings. The fourth-order valence-corrected chi connectivity index (χ4v) is 5.60. The lowest BCUT2D eigenvalue weighted by molar-refractivity contribution is -0.673. The number of pyridine rings is 1. The third-order valence-corrected chi connectivity index (χ3v) is 7.35. The zero-order valence-electron chi connectivity index (χ0n) is 17.9. The maximum Gasteiger partial charge on any atom is 0.212 e. The second-order valence-corrected chi connectivity index (χ2v) is 9.60. The summed E-state index contributed by atoms with van der Waals surface area (Å²) in [6.07, 6.45) is 15.3. The first-order chi connectivity index (χ1) is 14.4. The number of aryl methyl sites for hydroxylation is 1. The highest BCUT2D eigenvalue weighted by atomic mass is 127. The maximum atomic E-state index is 2.49. The molecule has 0 N–H and O–H groups in total. The number of thioether (sulfide) groups is 1. The van der Waals surface area contributed by atoms with Gasteiger partial charge in [-0.1, -0.05) is 87.4 Å². The molecule has 0 unspecified atom stereocenters. The van der Waals surface area contributed by atoms with Gasteiger partial charge in [0.05, 0.1) is 4.90 Å². The van der Waals surface area contributed by atoms with Crippen LogP contribution in [0.15, 0.2) is 71.8 Å². The standard InChI is InChI=1S/C27H34NS.HI/c1-4-12-23(13-5-1)14-8-3-11-19-28-21-26(20-25-17-9-10-18-27(25)28)29-22-24-15-6-2-7-16-24;/h2,6-7,9-10,15-18,20-21,23H,1,3-5,8,11-14,19,22H2;1H/q+1;/p-1. The Balaban J connectivity index is 0.00000256. The average molecular weight is 532 g/mol. The van der Waals surface area contributed by atoms with Crippen LogP contribution in [0.1, 0.15) is 63.4 Å². The Morgan fingerprint density at radius 3 is 2.43 bits per heavy atom. The van der Waals surface area contributed by atoms with E-state index < -0.39 is 0 Å². The van der Waals surface area contributed by atoms with Crippen LogP contribution in [0, 0.1) is 5.92 Å². The summed E-state index contributed by atoms with van der Waals surface area (Å²) in [4.78, 5) is 1.37. The third kappa shape index (κ3) is 6.98. The highest BCUT2D eigenvalue weighted by Crippen LogP contribution is 2.28. The lowest BCUT2D eigenvalue weighted by Crippen LogP contribution is -3.00. The Hall–Kier alpha value is -1.07. The summed E-state index contributed by atoms with van der Waals surface area (Å²) in [5.41, 5.74) is 2.75. The van der Waals surface area contributed by atoms with Crippen molar-refractivity contribution in [3.05, 3.63) is 72.4 Å². The van der Waals surface area contributed by atoms with Gasteiger partial charge in [-0.3, -0.25) is 0 Å². The van der Waals surface area contributed by atoms with Gasteiger partial charge >= 0.3 is 0 Å². The van der Waals surface area contributed by atoms with Gasteiger partial charge in [0, 0.05) is 23.6 Å². The van der Waals surface area contributed by atoms with Crippen LogP contribution in [0.25, 0.3) is 10.9 Å². The molecule has 2 aromatic carbocycles. The number of nitrogens with zero attached hydrogens (tertiary/aromatic N) is 1. The number of hydrogen-bond donors (Lipinski definition) is 0. The molecule has 0 saturated heterocycles. The molecule has 3 heteroatoms. The Morgan fingerprint density at radius 1 is 0.833 bits per heavy atom. The van der Waals surface area contributed by atoms with Gasteiger partial charge in [0.25, 0.3) is 0 Å². The summed E-state index contributed by atoms with van der Waals surface area (Å²) in [5, 5.41) is 1.35. The molecule has 0 atom stereocenters. The quantitative estimate of drug-likeness (QED) is 0.170. The topological polar surface area (TPSA) is 3.88 Å².